The van der Waals surface area contributed by atoms with E-state index in [9.17, 15) is 14.4 Å². The Bertz CT molecular complexity index is 1220. The third kappa shape index (κ3) is 4.25. The van der Waals surface area contributed by atoms with Crippen molar-refractivity contribution in [3.63, 3.8) is 0 Å². The summed E-state index contributed by atoms with van der Waals surface area (Å²) in [6, 6.07) is 8.48. The van der Waals surface area contributed by atoms with Crippen molar-refractivity contribution in [1.82, 2.24) is 28.9 Å². The maximum absolute atomic E-state index is 12.5. The van der Waals surface area contributed by atoms with E-state index in [2.05, 4.69) is 39.5 Å². The molecule has 0 bridgehead atoms. The lowest BCUT2D eigenvalue weighted by molar-refractivity contribution is -0.121. The predicted molar refractivity (Wildman–Crippen MR) is 123 cm³/mol. The molecule has 1 saturated heterocycles. The molecule has 0 saturated carbocycles. The van der Waals surface area contributed by atoms with E-state index in [0.29, 0.717) is 17.7 Å². The van der Waals surface area contributed by atoms with E-state index < -0.39 is 0 Å². The molecule has 3 heterocycles. The molecule has 0 aromatic carbocycles. The van der Waals surface area contributed by atoms with Gasteiger partial charge in [0.05, 0.1) is 12.5 Å². The van der Waals surface area contributed by atoms with Gasteiger partial charge >= 0.3 is 5.69 Å². The number of hydrogen-bond donors (Lipinski definition) is 1. The molecule has 170 valence electrons. The van der Waals surface area contributed by atoms with Gasteiger partial charge in [0.1, 0.15) is 0 Å². The van der Waals surface area contributed by atoms with Crippen molar-refractivity contribution in [1.29, 1.82) is 0 Å². The second kappa shape index (κ2) is 9.12. The van der Waals surface area contributed by atoms with Crippen molar-refractivity contribution in [2.45, 2.75) is 45.3 Å². The number of nitrogens with zero attached hydrogens (tertiary/aromatic N) is 5. The molecule has 32 heavy (non-hydrogen) atoms. The van der Waals surface area contributed by atoms with Crippen LogP contribution in [0.15, 0.2) is 40.2 Å². The van der Waals surface area contributed by atoms with Crippen LogP contribution in [0.5, 0.6) is 0 Å². The van der Waals surface area contributed by atoms with Crippen LogP contribution < -0.4 is 16.6 Å². The molecule has 1 amide bonds. The molecule has 9 nitrogen and oxygen atoms in total. The quantitative estimate of drug-likeness (QED) is 0.509. The summed E-state index contributed by atoms with van der Waals surface area (Å²) in [5.74, 6) is -0.00748. The molecule has 3 aliphatic rings. The Balaban J connectivity index is 0.000000346. The lowest BCUT2D eigenvalue weighted by Crippen LogP contribution is -2.50. The van der Waals surface area contributed by atoms with Crippen LogP contribution in [0.3, 0.4) is 0 Å². The number of likely N-dealkylation sites (tertiary alicyclic amines) is 1. The predicted octanol–water partition coefficient (Wildman–Crippen LogP) is 1.44. The van der Waals surface area contributed by atoms with Crippen LogP contribution in [0.4, 0.5) is 0 Å². The van der Waals surface area contributed by atoms with Crippen LogP contribution in [0, 0.1) is 0 Å². The minimum atomic E-state index is -0.376. The number of benzene rings is 1. The Morgan fingerprint density at radius 3 is 2.34 bits per heavy atom. The summed E-state index contributed by atoms with van der Waals surface area (Å²) in [5, 5.41) is 3.01. The van der Waals surface area contributed by atoms with Crippen LogP contribution in [0.1, 0.15) is 32.6 Å². The number of hydrogen-bond acceptors (Lipinski definition) is 5. The Morgan fingerprint density at radius 1 is 1.06 bits per heavy atom. The molecular weight excluding hydrogens is 408 g/mol. The van der Waals surface area contributed by atoms with E-state index in [0.717, 1.165) is 43.3 Å². The number of rotatable bonds is 5. The van der Waals surface area contributed by atoms with E-state index >= 15 is 0 Å². The molecule has 0 spiro atoms. The van der Waals surface area contributed by atoms with E-state index in [1.165, 1.54) is 22.7 Å². The normalized spacial score (nSPS) is 17.0. The summed E-state index contributed by atoms with van der Waals surface area (Å²) in [7, 11) is 3.10. The third-order valence-electron chi connectivity index (χ3n) is 6.26. The first-order chi connectivity index (χ1) is 15.4. The molecule has 1 N–H and O–H groups in total. The van der Waals surface area contributed by atoms with Gasteiger partial charge in [0.2, 0.25) is 5.91 Å². The standard InChI is InChI=1S/C17H26N6O3.C6H4/c1-12(24)19-13-7-4-5-8-22(13)9-6-10-23-11-18-15-14(23)16(25)21(3)17(26)20(15)2;1-2-6-4-3-5(1)6/h11,13H,4-10H2,1-3H3,(H,19,24);1-4H. The van der Waals surface area contributed by atoms with Crippen molar-refractivity contribution in [2.24, 2.45) is 14.1 Å². The van der Waals surface area contributed by atoms with E-state index in [1.807, 2.05) is 4.57 Å². The number of carbonyl (C=O) groups is 1. The van der Waals surface area contributed by atoms with Gasteiger partial charge in [0.25, 0.3) is 5.56 Å². The van der Waals surface area contributed by atoms with Crippen LogP contribution in [0.25, 0.3) is 22.3 Å². The Kier molecular flexibility index (Phi) is 6.27. The molecule has 1 aliphatic heterocycles. The number of aryl methyl sites for hydroxylation is 2. The minimum Gasteiger partial charge on any atom is -0.341 e. The molecule has 2 aromatic rings. The molecule has 1 unspecified atom stereocenters. The molecule has 2 aliphatic carbocycles. The largest absolute Gasteiger partial charge is 0.341 e. The summed E-state index contributed by atoms with van der Waals surface area (Å²) in [5.41, 5.74) is 3.01. The second-order valence-corrected chi connectivity index (χ2v) is 8.49. The maximum atomic E-state index is 12.5. The zero-order chi connectivity index (χ0) is 22.8. The summed E-state index contributed by atoms with van der Waals surface area (Å²) in [4.78, 5) is 42.4. The fourth-order valence-electron chi connectivity index (χ4n) is 4.33. The van der Waals surface area contributed by atoms with Crippen molar-refractivity contribution in [2.75, 3.05) is 13.1 Å². The summed E-state index contributed by atoms with van der Waals surface area (Å²) >= 11 is 0. The number of imidazole rings is 1. The van der Waals surface area contributed by atoms with Crippen LogP contribution in [-0.4, -0.2) is 48.7 Å². The lowest BCUT2D eigenvalue weighted by atomic mass is 9.95. The molecular formula is C23H30N6O3. The molecule has 1 fully saturated rings. The molecule has 0 radical (unpaired) electrons. The highest BCUT2D eigenvalue weighted by atomic mass is 16.2. The fourth-order valence-corrected chi connectivity index (χ4v) is 4.33. The molecule has 2 aromatic heterocycles. The van der Waals surface area contributed by atoms with Crippen molar-refractivity contribution in [3.05, 3.63) is 51.4 Å². The van der Waals surface area contributed by atoms with Gasteiger partial charge in [-0.1, -0.05) is 24.3 Å². The Morgan fingerprint density at radius 2 is 1.75 bits per heavy atom. The first kappa shape index (κ1) is 22.0. The number of amides is 1. The number of nitrogens with one attached hydrogen (secondary N) is 1. The average molecular weight is 439 g/mol. The Labute approximate surface area is 186 Å². The van der Waals surface area contributed by atoms with Gasteiger partial charge in [0, 0.05) is 40.7 Å². The van der Waals surface area contributed by atoms with Gasteiger partial charge in [0.15, 0.2) is 11.2 Å². The highest BCUT2D eigenvalue weighted by Crippen LogP contribution is 2.29. The first-order valence-corrected chi connectivity index (χ1v) is 11.1. The number of aromatic nitrogens is 4. The van der Waals surface area contributed by atoms with Gasteiger partial charge in [-0.05, 0) is 36.8 Å². The van der Waals surface area contributed by atoms with Gasteiger partial charge in [-0.3, -0.25) is 23.6 Å². The zero-order valence-corrected chi connectivity index (χ0v) is 18.9. The molecule has 5 rings (SSSR count). The SMILES string of the molecule is CC(=O)NC1CCCCN1CCCn1cnc2c1c(=O)n(C)c(=O)n2C.c1cc2ccc1-2. The summed E-state index contributed by atoms with van der Waals surface area (Å²) in [6.45, 7) is 3.97. The van der Waals surface area contributed by atoms with E-state index in [-0.39, 0.29) is 23.3 Å². The number of carbonyl (C=O) groups excluding carboxylic acids is 1. The topological polar surface area (TPSA) is 94.2 Å². The highest BCUT2D eigenvalue weighted by Gasteiger charge is 2.22. The highest BCUT2D eigenvalue weighted by molar-refractivity contribution is 5.75. The smallest absolute Gasteiger partial charge is 0.332 e. The monoisotopic (exact) mass is 438 g/mol. The van der Waals surface area contributed by atoms with Crippen molar-refractivity contribution in [3.8, 4) is 11.1 Å². The van der Waals surface area contributed by atoms with Crippen LogP contribution in [-0.2, 0) is 25.4 Å². The molecule has 9 heteroatoms. The summed E-state index contributed by atoms with van der Waals surface area (Å²) in [6.07, 6.45) is 5.76. The number of fused-ring (bicyclic) bond motifs is 2. The van der Waals surface area contributed by atoms with Crippen LogP contribution in [0.2, 0.25) is 0 Å². The first-order valence-electron chi connectivity index (χ1n) is 11.1. The van der Waals surface area contributed by atoms with Gasteiger partial charge in [-0.15, -0.1) is 0 Å². The van der Waals surface area contributed by atoms with Crippen molar-refractivity contribution < 1.29 is 4.79 Å². The second-order valence-electron chi connectivity index (χ2n) is 8.49. The fraction of sp³-hybridized carbons (Fsp3) is 0.478. The summed E-state index contributed by atoms with van der Waals surface area (Å²) < 4.78 is 4.32. The maximum Gasteiger partial charge on any atom is 0.332 e. The average Bonchev–Trinajstić information content (AvgIpc) is 3.18. The van der Waals surface area contributed by atoms with Crippen molar-refractivity contribution >= 4 is 17.1 Å². The number of piperidine rings is 1. The third-order valence-corrected chi connectivity index (χ3v) is 6.26. The van der Waals surface area contributed by atoms with Gasteiger partial charge < -0.3 is 9.88 Å². The van der Waals surface area contributed by atoms with Crippen LogP contribution >= 0.6 is 0 Å². The van der Waals surface area contributed by atoms with Gasteiger partial charge in [-0.2, -0.15) is 0 Å². The minimum absolute atomic E-state index is 0.00748. The zero-order valence-electron chi connectivity index (χ0n) is 18.9. The van der Waals surface area contributed by atoms with E-state index in [1.54, 1.807) is 20.3 Å². The van der Waals surface area contributed by atoms with E-state index in [4.69, 9.17) is 0 Å². The van der Waals surface area contributed by atoms with Gasteiger partial charge in [-0.25, -0.2) is 9.78 Å². The Hall–Kier alpha value is -3.20. The molecule has 1 atom stereocenters. The lowest BCUT2D eigenvalue weighted by Gasteiger charge is -2.35.